The topological polar surface area (TPSA) is 78.8 Å². The van der Waals surface area contributed by atoms with Crippen LogP contribution in [0.1, 0.15) is 11.4 Å². The van der Waals surface area contributed by atoms with Gasteiger partial charge in [-0.25, -0.2) is 4.68 Å². The van der Waals surface area contributed by atoms with E-state index in [1.165, 1.54) is 7.11 Å². The molecule has 2 heterocycles. The van der Waals surface area contributed by atoms with Crippen LogP contribution in [0.3, 0.4) is 0 Å². The van der Waals surface area contributed by atoms with Crippen LogP contribution in [0, 0.1) is 13.8 Å². The molecule has 16 heavy (non-hydrogen) atoms. The first kappa shape index (κ1) is 10.4. The molecular weight excluding hydrogens is 206 g/mol. The number of ether oxygens (including phenoxy) is 1. The Morgan fingerprint density at radius 1 is 1.25 bits per heavy atom. The van der Waals surface area contributed by atoms with E-state index in [-0.39, 0.29) is 5.95 Å². The maximum Gasteiger partial charge on any atom is 0.225 e. The van der Waals surface area contributed by atoms with Crippen molar-refractivity contribution in [1.29, 1.82) is 0 Å². The first-order chi connectivity index (χ1) is 7.60. The highest BCUT2D eigenvalue weighted by Gasteiger charge is 2.08. The van der Waals surface area contributed by atoms with Crippen LogP contribution in [-0.2, 0) is 0 Å². The summed E-state index contributed by atoms with van der Waals surface area (Å²) in [6, 6.07) is 3.65. The Bertz CT molecular complexity index is 520. The maximum atomic E-state index is 5.59. The number of nitrogen functional groups attached to an aromatic ring is 1. The lowest BCUT2D eigenvalue weighted by Crippen LogP contribution is -2.06. The van der Waals surface area contributed by atoms with Gasteiger partial charge in [0.25, 0.3) is 0 Å². The molecule has 2 aromatic rings. The molecular formula is C10H13N5O. The van der Waals surface area contributed by atoms with E-state index in [4.69, 9.17) is 10.5 Å². The van der Waals surface area contributed by atoms with E-state index in [0.29, 0.717) is 11.7 Å². The average molecular weight is 219 g/mol. The van der Waals surface area contributed by atoms with Crippen molar-refractivity contribution in [3.8, 4) is 11.7 Å². The zero-order valence-corrected chi connectivity index (χ0v) is 9.43. The van der Waals surface area contributed by atoms with Crippen molar-refractivity contribution in [3.05, 3.63) is 23.5 Å². The zero-order chi connectivity index (χ0) is 11.7. The lowest BCUT2D eigenvalue weighted by atomic mass is 10.4. The summed E-state index contributed by atoms with van der Waals surface area (Å²) in [4.78, 5) is 8.03. The van der Waals surface area contributed by atoms with E-state index in [1.807, 2.05) is 19.9 Å². The molecule has 6 heteroatoms. The van der Waals surface area contributed by atoms with Crippen LogP contribution in [-0.4, -0.2) is 26.9 Å². The Morgan fingerprint density at radius 2 is 2.00 bits per heavy atom. The van der Waals surface area contributed by atoms with E-state index < -0.39 is 0 Å². The summed E-state index contributed by atoms with van der Waals surface area (Å²) in [7, 11) is 1.53. The highest BCUT2D eigenvalue weighted by Crippen LogP contribution is 2.15. The smallest absolute Gasteiger partial charge is 0.225 e. The van der Waals surface area contributed by atoms with Crippen molar-refractivity contribution in [2.24, 2.45) is 0 Å². The summed E-state index contributed by atoms with van der Waals surface area (Å²) >= 11 is 0. The summed E-state index contributed by atoms with van der Waals surface area (Å²) in [5.41, 5.74) is 7.49. The van der Waals surface area contributed by atoms with Gasteiger partial charge < -0.3 is 10.5 Å². The largest absolute Gasteiger partial charge is 0.481 e. The summed E-state index contributed by atoms with van der Waals surface area (Å²) in [5, 5.41) is 4.31. The Balaban J connectivity index is 2.55. The quantitative estimate of drug-likeness (QED) is 0.810. The molecule has 0 amide bonds. The molecule has 0 spiro atoms. The Labute approximate surface area is 93.1 Å². The third-order valence-electron chi connectivity index (χ3n) is 2.14. The molecule has 0 atom stereocenters. The van der Waals surface area contributed by atoms with Gasteiger partial charge in [0.1, 0.15) is 0 Å². The van der Waals surface area contributed by atoms with Crippen LogP contribution in [0.5, 0.6) is 5.88 Å². The van der Waals surface area contributed by atoms with Crippen LogP contribution in [0.4, 0.5) is 5.95 Å². The minimum Gasteiger partial charge on any atom is -0.481 e. The van der Waals surface area contributed by atoms with Gasteiger partial charge in [0.2, 0.25) is 11.8 Å². The van der Waals surface area contributed by atoms with Crippen molar-refractivity contribution < 1.29 is 4.74 Å². The van der Waals surface area contributed by atoms with E-state index in [9.17, 15) is 0 Å². The van der Waals surface area contributed by atoms with Gasteiger partial charge in [-0.3, -0.25) is 0 Å². The predicted octanol–water partition coefficient (Wildman–Crippen LogP) is 0.870. The second-order valence-electron chi connectivity index (χ2n) is 3.47. The number of nitrogens with two attached hydrogens (primary N) is 1. The fourth-order valence-corrected chi connectivity index (χ4v) is 1.50. The van der Waals surface area contributed by atoms with Gasteiger partial charge in [-0.05, 0) is 19.9 Å². The molecule has 0 aliphatic heterocycles. The van der Waals surface area contributed by atoms with Gasteiger partial charge in [-0.1, -0.05) is 0 Å². The molecule has 0 radical (unpaired) electrons. The van der Waals surface area contributed by atoms with Crippen LogP contribution in [0.25, 0.3) is 5.82 Å². The zero-order valence-electron chi connectivity index (χ0n) is 9.43. The van der Waals surface area contributed by atoms with Crippen molar-refractivity contribution in [2.45, 2.75) is 13.8 Å². The predicted molar refractivity (Wildman–Crippen MR) is 59.6 cm³/mol. The molecule has 6 nitrogen and oxygen atoms in total. The summed E-state index contributed by atoms with van der Waals surface area (Å²) in [6.07, 6.45) is 0. The molecule has 2 aromatic heterocycles. The lowest BCUT2D eigenvalue weighted by Gasteiger charge is -2.06. The number of rotatable bonds is 2. The highest BCUT2D eigenvalue weighted by molar-refractivity contribution is 5.35. The highest BCUT2D eigenvalue weighted by atomic mass is 16.5. The number of methoxy groups -OCH3 is 1. The average Bonchev–Trinajstić information content (AvgIpc) is 2.57. The van der Waals surface area contributed by atoms with Crippen LogP contribution in [0.15, 0.2) is 12.1 Å². The van der Waals surface area contributed by atoms with Crippen molar-refractivity contribution >= 4 is 5.95 Å². The van der Waals surface area contributed by atoms with Crippen LogP contribution in [0.2, 0.25) is 0 Å². The third kappa shape index (κ3) is 1.81. The van der Waals surface area contributed by atoms with Crippen molar-refractivity contribution in [3.63, 3.8) is 0 Å². The molecule has 0 unspecified atom stereocenters. The van der Waals surface area contributed by atoms with E-state index in [2.05, 4.69) is 15.1 Å². The number of hydrogen-bond acceptors (Lipinski definition) is 5. The lowest BCUT2D eigenvalue weighted by molar-refractivity contribution is 0.397. The molecule has 0 saturated heterocycles. The Morgan fingerprint density at radius 3 is 2.56 bits per heavy atom. The number of nitrogens with zero attached hydrogens (tertiary/aromatic N) is 4. The molecule has 0 aliphatic rings. The Kier molecular flexibility index (Phi) is 2.47. The number of aromatic nitrogens is 4. The second-order valence-corrected chi connectivity index (χ2v) is 3.47. The fourth-order valence-electron chi connectivity index (χ4n) is 1.50. The van der Waals surface area contributed by atoms with Crippen LogP contribution >= 0.6 is 0 Å². The number of anilines is 1. The first-order valence-corrected chi connectivity index (χ1v) is 4.82. The molecule has 0 aromatic carbocycles. The molecule has 2 N–H and O–H groups in total. The minimum absolute atomic E-state index is 0.168. The number of aryl methyl sites for hydroxylation is 2. The van der Waals surface area contributed by atoms with Crippen LogP contribution < -0.4 is 10.5 Å². The SMILES string of the molecule is COc1cc(-n2nc(C)cc2C)nc(N)n1. The second kappa shape index (κ2) is 3.80. The summed E-state index contributed by atoms with van der Waals surface area (Å²) in [6.45, 7) is 3.87. The first-order valence-electron chi connectivity index (χ1n) is 4.82. The Hall–Kier alpha value is -2.11. The fraction of sp³-hybridized carbons (Fsp3) is 0.300. The van der Waals surface area contributed by atoms with E-state index >= 15 is 0 Å². The molecule has 2 rings (SSSR count). The normalized spacial score (nSPS) is 10.4. The maximum absolute atomic E-state index is 5.59. The van der Waals surface area contributed by atoms with Gasteiger partial charge in [0, 0.05) is 11.8 Å². The standard InChI is InChI=1S/C10H13N5O/c1-6-4-7(2)15(14-6)8-5-9(16-3)13-10(11)12-8/h4-5H,1-3H3,(H2,11,12,13). The van der Waals surface area contributed by atoms with Gasteiger partial charge >= 0.3 is 0 Å². The molecule has 0 saturated carbocycles. The van der Waals surface area contributed by atoms with E-state index in [1.54, 1.807) is 10.7 Å². The van der Waals surface area contributed by atoms with E-state index in [0.717, 1.165) is 11.4 Å². The van der Waals surface area contributed by atoms with Crippen molar-refractivity contribution in [1.82, 2.24) is 19.7 Å². The molecule has 0 fully saturated rings. The number of hydrogen-bond donors (Lipinski definition) is 1. The van der Waals surface area contributed by atoms with Gasteiger partial charge in [0.15, 0.2) is 5.82 Å². The minimum atomic E-state index is 0.168. The molecule has 84 valence electrons. The third-order valence-corrected chi connectivity index (χ3v) is 2.14. The van der Waals surface area contributed by atoms with Gasteiger partial charge in [0.05, 0.1) is 12.8 Å². The summed E-state index contributed by atoms with van der Waals surface area (Å²) < 4.78 is 6.74. The molecule has 0 bridgehead atoms. The van der Waals surface area contributed by atoms with Crippen molar-refractivity contribution in [2.75, 3.05) is 12.8 Å². The monoisotopic (exact) mass is 219 g/mol. The molecule has 0 aliphatic carbocycles. The van der Waals surface area contributed by atoms with Gasteiger partial charge in [-0.2, -0.15) is 15.1 Å². The summed E-state index contributed by atoms with van der Waals surface area (Å²) in [5.74, 6) is 1.20. The van der Waals surface area contributed by atoms with Gasteiger partial charge in [-0.15, -0.1) is 0 Å².